The van der Waals surface area contributed by atoms with Gasteiger partial charge in [0.25, 0.3) is 0 Å². The predicted molar refractivity (Wildman–Crippen MR) is 163 cm³/mol. The van der Waals surface area contributed by atoms with E-state index in [1.165, 1.54) is 17.3 Å². The minimum absolute atomic E-state index is 0.0969. The highest BCUT2D eigenvalue weighted by atomic mass is 35.5. The number of rotatable bonds is 5. The summed E-state index contributed by atoms with van der Waals surface area (Å²) in [5.74, 6) is 0.342. The highest BCUT2D eigenvalue weighted by Crippen LogP contribution is 2.55. The lowest BCUT2D eigenvalue weighted by Crippen LogP contribution is -2.54. The van der Waals surface area contributed by atoms with Crippen LogP contribution in [0.4, 0.5) is 11.4 Å². The summed E-state index contributed by atoms with van der Waals surface area (Å²) in [4.78, 5) is 11.8. The van der Waals surface area contributed by atoms with Crippen molar-refractivity contribution in [1.82, 2.24) is 0 Å². The van der Waals surface area contributed by atoms with Crippen molar-refractivity contribution in [3.8, 4) is 0 Å². The van der Waals surface area contributed by atoms with Crippen molar-refractivity contribution in [2.75, 3.05) is 10.0 Å². The number of hydrogen-bond donors (Lipinski definition) is 0. The molecule has 0 radical (unpaired) electrons. The molecular formula is C32H27ClN4OS. The van der Waals surface area contributed by atoms with Gasteiger partial charge in [-0.3, -0.25) is 4.79 Å². The molecule has 0 fully saturated rings. The average Bonchev–Trinajstić information content (AvgIpc) is 3.36. The van der Waals surface area contributed by atoms with E-state index in [-0.39, 0.29) is 5.78 Å². The normalized spacial score (nSPS) is 18.3. The quantitative estimate of drug-likeness (QED) is 0.252. The van der Waals surface area contributed by atoms with Crippen molar-refractivity contribution in [3.05, 3.63) is 130 Å². The molecule has 0 N–H and O–H groups in total. The standard InChI is InChI=1S/C32H27ClN4OS/c1-21(2)23-13-15-24(16-14-23)30-28-11-7-8-12-29(28)32(36(34-30)26-9-5-4-6-10-26)37(35-31(39-32)22(3)38)27-19-17-25(33)18-20-27/h4-21H,1-3H3/t32-/m1/s1. The topological polar surface area (TPSA) is 48.3 Å². The Kier molecular flexibility index (Phi) is 6.53. The first-order valence-corrected chi connectivity index (χ1v) is 14.1. The van der Waals surface area contributed by atoms with E-state index >= 15 is 0 Å². The van der Waals surface area contributed by atoms with Crippen LogP contribution in [0.15, 0.2) is 113 Å². The van der Waals surface area contributed by atoms with Crippen molar-refractivity contribution in [2.45, 2.75) is 31.7 Å². The van der Waals surface area contributed by atoms with Gasteiger partial charge >= 0.3 is 0 Å². The number of thioether (sulfide) groups is 1. The molecule has 2 aliphatic heterocycles. The molecule has 4 aromatic rings. The molecule has 2 aliphatic rings. The van der Waals surface area contributed by atoms with Gasteiger partial charge in [0, 0.05) is 28.6 Å². The van der Waals surface area contributed by atoms with Crippen LogP contribution in [0.25, 0.3) is 0 Å². The Hall–Kier alpha value is -3.87. The molecular weight excluding hydrogens is 524 g/mol. The zero-order valence-corrected chi connectivity index (χ0v) is 23.4. The third kappa shape index (κ3) is 4.34. The maximum absolute atomic E-state index is 12.8. The first-order chi connectivity index (χ1) is 18.9. The van der Waals surface area contributed by atoms with Gasteiger partial charge in [-0.2, -0.15) is 10.2 Å². The highest BCUT2D eigenvalue weighted by Gasteiger charge is 2.55. The minimum Gasteiger partial charge on any atom is -0.292 e. The Labute approximate surface area is 237 Å². The van der Waals surface area contributed by atoms with E-state index in [2.05, 4.69) is 50.2 Å². The molecule has 6 rings (SSSR count). The fourth-order valence-corrected chi connectivity index (χ4v) is 6.38. The van der Waals surface area contributed by atoms with E-state index in [4.69, 9.17) is 21.8 Å². The summed E-state index contributed by atoms with van der Waals surface area (Å²) in [7, 11) is 0. The molecule has 2 heterocycles. The summed E-state index contributed by atoms with van der Waals surface area (Å²) in [6, 6.07) is 34.4. The Bertz CT molecular complexity index is 1600. The van der Waals surface area contributed by atoms with Gasteiger partial charge in [-0.25, -0.2) is 10.0 Å². The van der Waals surface area contributed by atoms with Crippen LogP contribution in [0.5, 0.6) is 0 Å². The molecule has 0 saturated carbocycles. The second-order valence-electron chi connectivity index (χ2n) is 9.88. The van der Waals surface area contributed by atoms with Crippen LogP contribution in [0, 0.1) is 0 Å². The SMILES string of the molecule is CC(=O)C1=NN(c2ccc(Cl)cc2)[C@@]2(S1)c1ccccc1C(c1ccc(C(C)C)cc1)=NN2c1ccccc1. The molecule has 1 spiro atoms. The Morgan fingerprint density at radius 1 is 0.795 bits per heavy atom. The van der Waals surface area contributed by atoms with Crippen LogP contribution in [0.1, 0.15) is 48.9 Å². The van der Waals surface area contributed by atoms with Gasteiger partial charge in [0.1, 0.15) is 0 Å². The van der Waals surface area contributed by atoms with Crippen LogP contribution < -0.4 is 10.0 Å². The Balaban J connectivity index is 1.62. The van der Waals surface area contributed by atoms with Crippen LogP contribution in [0.2, 0.25) is 5.02 Å². The first kappa shape index (κ1) is 25.4. The molecule has 0 amide bonds. The molecule has 7 heteroatoms. The maximum Gasteiger partial charge on any atom is 0.234 e. The van der Waals surface area contributed by atoms with Gasteiger partial charge in [0.2, 0.25) is 4.99 Å². The molecule has 0 bridgehead atoms. The lowest BCUT2D eigenvalue weighted by molar-refractivity contribution is -0.110. The van der Waals surface area contributed by atoms with Gasteiger partial charge in [-0.05, 0) is 59.6 Å². The number of nitrogens with zero attached hydrogens (tertiary/aromatic N) is 4. The average molecular weight is 551 g/mol. The van der Waals surface area contributed by atoms with Crippen molar-refractivity contribution >= 4 is 51.3 Å². The number of hydrazone groups is 2. The van der Waals surface area contributed by atoms with Gasteiger partial charge in [0.15, 0.2) is 10.8 Å². The van der Waals surface area contributed by atoms with E-state index < -0.39 is 4.99 Å². The first-order valence-electron chi connectivity index (χ1n) is 12.9. The van der Waals surface area contributed by atoms with Crippen molar-refractivity contribution in [1.29, 1.82) is 0 Å². The smallest absolute Gasteiger partial charge is 0.234 e. The lowest BCUT2D eigenvalue weighted by atomic mass is 9.92. The van der Waals surface area contributed by atoms with E-state index in [9.17, 15) is 4.79 Å². The third-order valence-electron chi connectivity index (χ3n) is 6.96. The number of Topliss-reactive ketones (excluding diaryl/α,β-unsaturated/α-hetero) is 1. The highest BCUT2D eigenvalue weighted by molar-refractivity contribution is 8.17. The van der Waals surface area contributed by atoms with Crippen molar-refractivity contribution < 1.29 is 4.79 Å². The number of carbonyl (C=O) groups is 1. The van der Waals surface area contributed by atoms with E-state index in [0.29, 0.717) is 16.0 Å². The maximum atomic E-state index is 12.8. The molecule has 194 valence electrons. The van der Waals surface area contributed by atoms with Crippen LogP contribution in [-0.4, -0.2) is 16.5 Å². The summed E-state index contributed by atoms with van der Waals surface area (Å²) in [5.41, 5.74) is 6.84. The number of ketones is 1. The second-order valence-corrected chi connectivity index (χ2v) is 11.5. The number of anilines is 2. The molecule has 4 aromatic carbocycles. The second kappa shape index (κ2) is 10.0. The fraction of sp³-hybridized carbons (Fsp3) is 0.156. The van der Waals surface area contributed by atoms with Gasteiger partial charge in [-0.15, -0.1) is 0 Å². The molecule has 5 nitrogen and oxygen atoms in total. The number of hydrogen-bond acceptors (Lipinski definition) is 6. The summed E-state index contributed by atoms with van der Waals surface area (Å²) < 4.78 is 0. The van der Waals surface area contributed by atoms with Crippen LogP contribution in [0.3, 0.4) is 0 Å². The van der Waals surface area contributed by atoms with Gasteiger partial charge in [-0.1, -0.05) is 92.2 Å². The van der Waals surface area contributed by atoms with E-state index in [0.717, 1.165) is 33.8 Å². The Morgan fingerprint density at radius 3 is 2.08 bits per heavy atom. The zero-order chi connectivity index (χ0) is 27.1. The fourth-order valence-electron chi connectivity index (χ4n) is 4.97. The zero-order valence-electron chi connectivity index (χ0n) is 21.9. The van der Waals surface area contributed by atoms with E-state index in [1.807, 2.05) is 76.7 Å². The number of para-hydroxylation sites is 1. The van der Waals surface area contributed by atoms with Crippen LogP contribution in [-0.2, 0) is 9.79 Å². The molecule has 39 heavy (non-hydrogen) atoms. The molecule has 0 aromatic heterocycles. The van der Waals surface area contributed by atoms with Crippen molar-refractivity contribution in [2.24, 2.45) is 10.2 Å². The number of benzene rings is 4. The predicted octanol–water partition coefficient (Wildman–Crippen LogP) is 8.00. The summed E-state index contributed by atoms with van der Waals surface area (Å²) in [6.07, 6.45) is 0. The van der Waals surface area contributed by atoms with Gasteiger partial charge < -0.3 is 0 Å². The monoisotopic (exact) mass is 550 g/mol. The minimum atomic E-state index is -0.978. The summed E-state index contributed by atoms with van der Waals surface area (Å²) in [6.45, 7) is 5.94. The number of halogens is 1. The lowest BCUT2D eigenvalue weighted by Gasteiger charge is -2.47. The summed E-state index contributed by atoms with van der Waals surface area (Å²) in [5, 5.41) is 15.2. The molecule has 1 atom stereocenters. The third-order valence-corrected chi connectivity index (χ3v) is 8.63. The largest absolute Gasteiger partial charge is 0.292 e. The Morgan fingerprint density at radius 2 is 1.41 bits per heavy atom. The number of carbonyl (C=O) groups excluding carboxylic acids is 1. The van der Waals surface area contributed by atoms with E-state index in [1.54, 1.807) is 6.92 Å². The van der Waals surface area contributed by atoms with Gasteiger partial charge in [0.05, 0.1) is 17.1 Å². The molecule has 0 unspecified atom stereocenters. The molecule has 0 saturated heterocycles. The van der Waals surface area contributed by atoms with Crippen LogP contribution >= 0.6 is 23.4 Å². The summed E-state index contributed by atoms with van der Waals surface area (Å²) >= 11 is 7.66. The number of fused-ring (bicyclic) bond motifs is 2. The molecule has 0 aliphatic carbocycles. The van der Waals surface area contributed by atoms with Crippen molar-refractivity contribution in [3.63, 3.8) is 0 Å².